The van der Waals surface area contributed by atoms with E-state index >= 15 is 0 Å². The number of nitrogens with zero attached hydrogens (tertiary/aromatic N) is 5. The molecular formula is C24H31N5O4. The van der Waals surface area contributed by atoms with Gasteiger partial charge in [0.2, 0.25) is 0 Å². The molecule has 9 heteroatoms. The number of rotatable bonds is 3. The van der Waals surface area contributed by atoms with Gasteiger partial charge in [0.05, 0.1) is 6.61 Å². The zero-order valence-corrected chi connectivity index (χ0v) is 19.1. The molecular weight excluding hydrogens is 422 g/mol. The molecule has 33 heavy (non-hydrogen) atoms. The predicted octanol–water partition coefficient (Wildman–Crippen LogP) is 2.68. The molecule has 5 rings (SSSR count). The van der Waals surface area contributed by atoms with Crippen LogP contribution in [0.2, 0.25) is 0 Å². The summed E-state index contributed by atoms with van der Waals surface area (Å²) in [5.41, 5.74) is 2.80. The van der Waals surface area contributed by atoms with Crippen molar-refractivity contribution in [2.24, 2.45) is 0 Å². The highest BCUT2D eigenvalue weighted by Gasteiger charge is 2.44. The summed E-state index contributed by atoms with van der Waals surface area (Å²) in [5, 5.41) is 7.36. The van der Waals surface area contributed by atoms with Crippen molar-refractivity contribution in [3.8, 4) is 0 Å². The Morgan fingerprint density at radius 2 is 1.88 bits per heavy atom. The second-order valence-electron chi connectivity index (χ2n) is 9.34. The fraction of sp³-hybridized carbons (Fsp3) is 0.583. The Morgan fingerprint density at radius 1 is 1.12 bits per heavy atom. The van der Waals surface area contributed by atoms with Gasteiger partial charge in [0.1, 0.15) is 6.20 Å². The van der Waals surface area contributed by atoms with E-state index in [9.17, 15) is 9.59 Å². The van der Waals surface area contributed by atoms with Gasteiger partial charge in [0.15, 0.2) is 5.69 Å². The van der Waals surface area contributed by atoms with E-state index in [1.807, 2.05) is 22.8 Å². The Labute approximate surface area is 193 Å². The van der Waals surface area contributed by atoms with E-state index in [0.717, 1.165) is 51.9 Å². The van der Waals surface area contributed by atoms with Crippen LogP contribution in [0.5, 0.6) is 0 Å². The lowest BCUT2D eigenvalue weighted by Gasteiger charge is -2.50. The van der Waals surface area contributed by atoms with Crippen molar-refractivity contribution < 1.29 is 19.0 Å². The average Bonchev–Trinajstić information content (AvgIpc) is 3.39. The van der Waals surface area contributed by atoms with Crippen LogP contribution < -0.4 is 0 Å². The third-order valence-corrected chi connectivity index (χ3v) is 7.57. The van der Waals surface area contributed by atoms with E-state index in [-0.39, 0.29) is 23.1 Å². The molecule has 0 radical (unpaired) electrons. The highest BCUT2D eigenvalue weighted by Crippen LogP contribution is 2.42. The van der Waals surface area contributed by atoms with E-state index in [0.29, 0.717) is 25.7 Å². The number of hydrogen-bond donors (Lipinski definition) is 0. The molecule has 0 atom stereocenters. The van der Waals surface area contributed by atoms with Crippen LogP contribution in [0.4, 0.5) is 4.79 Å². The minimum atomic E-state index is -0.195. The summed E-state index contributed by atoms with van der Waals surface area (Å²) in [6, 6.07) is 9.02. The summed E-state index contributed by atoms with van der Waals surface area (Å²) in [7, 11) is 0. The molecule has 3 aliphatic heterocycles. The number of carbonyl (C=O) groups excluding carboxylic acids is 2. The van der Waals surface area contributed by atoms with Crippen LogP contribution >= 0.6 is 0 Å². The van der Waals surface area contributed by atoms with Crippen molar-refractivity contribution in [1.29, 1.82) is 0 Å². The average molecular weight is 454 g/mol. The quantitative estimate of drug-likeness (QED) is 0.706. The molecule has 176 valence electrons. The number of aromatic nitrogens is 2. The summed E-state index contributed by atoms with van der Waals surface area (Å²) in [4.78, 5) is 31.4. The van der Waals surface area contributed by atoms with Gasteiger partial charge in [-0.2, -0.15) is 0 Å². The molecule has 0 aliphatic carbocycles. The predicted molar refractivity (Wildman–Crippen MR) is 120 cm³/mol. The van der Waals surface area contributed by atoms with Crippen molar-refractivity contribution >= 4 is 12.0 Å². The summed E-state index contributed by atoms with van der Waals surface area (Å²) in [5.74, 6) is -0.126. The van der Waals surface area contributed by atoms with E-state index in [1.165, 1.54) is 17.3 Å². The van der Waals surface area contributed by atoms with Crippen LogP contribution in [-0.2, 0) is 16.7 Å². The van der Waals surface area contributed by atoms with E-state index in [1.54, 1.807) is 0 Å². The molecule has 0 N–H and O–H groups in total. The van der Waals surface area contributed by atoms with Gasteiger partial charge in [-0.3, -0.25) is 4.79 Å². The topological polar surface area (TPSA) is 92.0 Å². The molecule has 2 fully saturated rings. The molecule has 3 aliphatic rings. The number of likely N-dealkylation sites (tertiary alicyclic amines) is 2. The van der Waals surface area contributed by atoms with Gasteiger partial charge in [0, 0.05) is 37.6 Å². The normalized spacial score (nSPS) is 21.1. The number of benzene rings is 1. The third kappa shape index (κ3) is 4.21. The minimum absolute atomic E-state index is 0.0518. The van der Waals surface area contributed by atoms with Crippen LogP contribution in [0.25, 0.3) is 0 Å². The van der Waals surface area contributed by atoms with Crippen molar-refractivity contribution in [2.75, 3.05) is 39.3 Å². The Bertz CT molecular complexity index is 979. The van der Waals surface area contributed by atoms with Gasteiger partial charge in [-0.25, -0.2) is 9.42 Å². The van der Waals surface area contributed by atoms with Crippen LogP contribution in [0.15, 0.2) is 35.1 Å². The molecule has 0 unspecified atom stereocenters. The number of amides is 2. The van der Waals surface area contributed by atoms with Gasteiger partial charge in [0.25, 0.3) is 5.91 Å². The summed E-state index contributed by atoms with van der Waals surface area (Å²) < 4.78 is 9.82. The lowest BCUT2D eigenvalue weighted by atomic mass is 9.68. The van der Waals surface area contributed by atoms with Crippen LogP contribution in [-0.4, -0.2) is 82.4 Å². The maximum atomic E-state index is 13.1. The molecule has 1 aromatic heterocycles. The lowest BCUT2D eigenvalue weighted by Crippen LogP contribution is -2.56. The molecule has 2 amide bonds. The highest BCUT2D eigenvalue weighted by atomic mass is 16.6. The number of fused-ring (bicyclic) bond motifs is 2. The molecule has 1 spiro atoms. The largest absolute Gasteiger partial charge is 0.450 e. The fourth-order valence-corrected chi connectivity index (χ4v) is 5.83. The van der Waals surface area contributed by atoms with Crippen molar-refractivity contribution in [3.05, 3.63) is 47.3 Å². The zero-order chi connectivity index (χ0) is 22.8. The first-order chi connectivity index (χ1) is 16.1. The van der Waals surface area contributed by atoms with Crippen molar-refractivity contribution in [1.82, 2.24) is 25.0 Å². The first-order valence-corrected chi connectivity index (χ1v) is 11.9. The summed E-state index contributed by atoms with van der Waals surface area (Å²) in [6.07, 6.45) is 5.16. The minimum Gasteiger partial charge on any atom is -0.450 e. The molecule has 2 aromatic rings. The number of ether oxygens (including phenoxy) is 1. The van der Waals surface area contributed by atoms with Gasteiger partial charge >= 0.3 is 6.09 Å². The Balaban J connectivity index is 1.27. The summed E-state index contributed by atoms with van der Waals surface area (Å²) in [6.45, 7) is 7.02. The fourth-order valence-electron chi connectivity index (χ4n) is 5.83. The molecule has 2 saturated heterocycles. The van der Waals surface area contributed by atoms with Gasteiger partial charge in [-0.1, -0.05) is 29.4 Å². The van der Waals surface area contributed by atoms with Crippen LogP contribution in [0, 0.1) is 0 Å². The highest BCUT2D eigenvalue weighted by molar-refractivity contribution is 5.92. The van der Waals surface area contributed by atoms with Crippen molar-refractivity contribution in [2.45, 2.75) is 50.6 Å². The zero-order valence-electron chi connectivity index (χ0n) is 19.1. The third-order valence-electron chi connectivity index (χ3n) is 7.57. The van der Waals surface area contributed by atoms with Crippen LogP contribution in [0.3, 0.4) is 0 Å². The van der Waals surface area contributed by atoms with E-state index < -0.39 is 0 Å². The van der Waals surface area contributed by atoms with Crippen LogP contribution in [0.1, 0.15) is 54.2 Å². The molecule has 4 heterocycles. The molecule has 0 bridgehead atoms. The lowest BCUT2D eigenvalue weighted by molar-refractivity contribution is 0.0381. The van der Waals surface area contributed by atoms with E-state index in [2.05, 4.69) is 38.0 Å². The first-order valence-electron chi connectivity index (χ1n) is 11.9. The maximum absolute atomic E-state index is 13.1. The van der Waals surface area contributed by atoms with Crippen molar-refractivity contribution in [3.63, 3.8) is 0 Å². The first kappa shape index (κ1) is 21.9. The SMILES string of the molecule is CCOC(=O)N1CCC(N2CCC3(CC2)CN(C(=O)c2cnon2)Cc2ccccc23)CC1. The molecule has 1 aromatic carbocycles. The van der Waals surface area contributed by atoms with Gasteiger partial charge in [-0.05, 0) is 62.0 Å². The molecule has 0 saturated carbocycles. The number of piperidine rings is 2. The van der Waals surface area contributed by atoms with Gasteiger partial charge in [-0.15, -0.1) is 0 Å². The second kappa shape index (κ2) is 9.13. The number of hydrogen-bond acceptors (Lipinski definition) is 7. The number of carbonyl (C=O) groups is 2. The standard InChI is InChI=1S/C24H31N5O4/c1-2-32-23(31)28-11-7-19(8-12-28)27-13-9-24(10-14-27)17-29(22(30)21-15-25-33-26-21)16-18-5-3-4-6-20(18)24/h3-6,15,19H,2,7-14,16-17H2,1H3. The Morgan fingerprint density at radius 3 is 2.58 bits per heavy atom. The monoisotopic (exact) mass is 453 g/mol. The maximum Gasteiger partial charge on any atom is 0.409 e. The Kier molecular flexibility index (Phi) is 6.05. The summed E-state index contributed by atoms with van der Waals surface area (Å²) >= 11 is 0. The smallest absolute Gasteiger partial charge is 0.409 e. The second-order valence-corrected chi connectivity index (χ2v) is 9.34. The van der Waals surface area contributed by atoms with E-state index in [4.69, 9.17) is 4.74 Å². The molecule has 9 nitrogen and oxygen atoms in total. The van der Waals surface area contributed by atoms with Gasteiger partial charge < -0.3 is 19.4 Å². The Hall–Kier alpha value is -2.94.